The van der Waals surface area contributed by atoms with E-state index < -0.39 is 12.1 Å². The van der Waals surface area contributed by atoms with Crippen LogP contribution in [0.4, 0.5) is 0 Å². The Kier molecular flexibility index (Phi) is 2.89. The lowest BCUT2D eigenvalue weighted by Crippen LogP contribution is -2.26. The molecule has 0 saturated carbocycles. The molecule has 0 aromatic heterocycles. The summed E-state index contributed by atoms with van der Waals surface area (Å²) in [5, 5.41) is 19.6. The fourth-order valence-corrected chi connectivity index (χ4v) is 1.68. The smallest absolute Gasteiger partial charge is 0.170 e. The van der Waals surface area contributed by atoms with Crippen LogP contribution in [0.25, 0.3) is 0 Å². The van der Waals surface area contributed by atoms with Gasteiger partial charge in [-0.2, -0.15) is 0 Å². The molecule has 2 atom stereocenters. The molecule has 16 heavy (non-hydrogen) atoms. The Labute approximate surface area is 93.4 Å². The van der Waals surface area contributed by atoms with Crippen molar-refractivity contribution in [2.45, 2.75) is 19.1 Å². The molecular formula is C11H15NO4. The van der Waals surface area contributed by atoms with E-state index in [1.807, 2.05) is 0 Å². The second-order valence-corrected chi connectivity index (χ2v) is 3.83. The third kappa shape index (κ3) is 1.79. The second-order valence-electron chi connectivity index (χ2n) is 3.83. The van der Waals surface area contributed by atoms with Gasteiger partial charge in [-0.25, -0.2) is 0 Å². The van der Waals surface area contributed by atoms with Crippen LogP contribution in [0.2, 0.25) is 0 Å². The summed E-state index contributed by atoms with van der Waals surface area (Å²) in [5.41, 5.74) is 5.91. The van der Waals surface area contributed by atoms with Gasteiger partial charge in [-0.05, 0) is 19.1 Å². The van der Waals surface area contributed by atoms with Crippen LogP contribution < -0.4 is 15.2 Å². The van der Waals surface area contributed by atoms with Gasteiger partial charge in [-0.15, -0.1) is 0 Å². The van der Waals surface area contributed by atoms with Gasteiger partial charge < -0.3 is 25.4 Å². The maximum Gasteiger partial charge on any atom is 0.170 e. The molecule has 1 aromatic rings. The summed E-state index contributed by atoms with van der Waals surface area (Å²) in [4.78, 5) is 0. The molecule has 2 rings (SSSR count). The molecule has 0 amide bonds. The molecule has 2 unspecified atom stereocenters. The number of fused-ring (bicyclic) bond motifs is 1. The van der Waals surface area contributed by atoms with Crippen LogP contribution in [0.15, 0.2) is 12.1 Å². The van der Waals surface area contributed by atoms with Crippen molar-refractivity contribution in [1.82, 2.24) is 0 Å². The molecule has 0 aliphatic carbocycles. The molecule has 0 bridgehead atoms. The molecule has 0 radical (unpaired) electrons. The van der Waals surface area contributed by atoms with Crippen LogP contribution in [-0.4, -0.2) is 29.5 Å². The normalized spacial score (nSPS) is 17.9. The minimum atomic E-state index is -0.975. The van der Waals surface area contributed by atoms with E-state index >= 15 is 0 Å². The number of ether oxygens (including phenoxy) is 2. The zero-order chi connectivity index (χ0) is 11.7. The van der Waals surface area contributed by atoms with Crippen molar-refractivity contribution in [2.75, 3.05) is 13.2 Å². The predicted molar refractivity (Wildman–Crippen MR) is 57.7 cm³/mol. The topological polar surface area (TPSA) is 84.9 Å². The van der Waals surface area contributed by atoms with Gasteiger partial charge in [-0.1, -0.05) is 0 Å². The Balaban J connectivity index is 2.49. The van der Waals surface area contributed by atoms with Crippen LogP contribution in [0.1, 0.15) is 18.6 Å². The molecule has 1 heterocycles. The van der Waals surface area contributed by atoms with E-state index in [2.05, 4.69) is 0 Å². The maximum absolute atomic E-state index is 9.91. The van der Waals surface area contributed by atoms with E-state index in [1.165, 1.54) is 6.07 Å². The molecule has 1 aliphatic heterocycles. The Morgan fingerprint density at radius 2 is 2.00 bits per heavy atom. The summed E-state index contributed by atoms with van der Waals surface area (Å²) >= 11 is 0. The van der Waals surface area contributed by atoms with Crippen LogP contribution in [-0.2, 0) is 0 Å². The van der Waals surface area contributed by atoms with Crippen molar-refractivity contribution < 1.29 is 19.7 Å². The second kappa shape index (κ2) is 4.19. The molecule has 0 saturated heterocycles. The van der Waals surface area contributed by atoms with Crippen LogP contribution in [0.5, 0.6) is 17.2 Å². The predicted octanol–water partition coefficient (Wildman–Crippen LogP) is 0.544. The average Bonchev–Trinajstić information content (AvgIpc) is 2.28. The number of phenols is 1. The van der Waals surface area contributed by atoms with Gasteiger partial charge in [0, 0.05) is 6.04 Å². The fourth-order valence-electron chi connectivity index (χ4n) is 1.68. The molecule has 0 spiro atoms. The molecule has 88 valence electrons. The minimum Gasteiger partial charge on any atom is -0.507 e. The van der Waals surface area contributed by atoms with Crippen molar-refractivity contribution in [3.63, 3.8) is 0 Å². The first kappa shape index (κ1) is 11.0. The van der Waals surface area contributed by atoms with Crippen LogP contribution >= 0.6 is 0 Å². The largest absolute Gasteiger partial charge is 0.507 e. The lowest BCUT2D eigenvalue weighted by atomic mass is 10.0. The summed E-state index contributed by atoms with van der Waals surface area (Å²) in [6.07, 6.45) is -0.975. The number of nitrogens with two attached hydrogens (primary N) is 1. The highest BCUT2D eigenvalue weighted by atomic mass is 16.6. The Morgan fingerprint density at radius 1 is 1.31 bits per heavy atom. The van der Waals surface area contributed by atoms with Crippen molar-refractivity contribution in [3.05, 3.63) is 17.7 Å². The summed E-state index contributed by atoms with van der Waals surface area (Å²) in [7, 11) is 0. The molecule has 5 nitrogen and oxygen atoms in total. The van der Waals surface area contributed by atoms with E-state index in [-0.39, 0.29) is 5.75 Å². The number of hydrogen-bond acceptors (Lipinski definition) is 5. The zero-order valence-corrected chi connectivity index (χ0v) is 9.01. The quantitative estimate of drug-likeness (QED) is 0.684. The van der Waals surface area contributed by atoms with Gasteiger partial charge in [0.2, 0.25) is 0 Å². The van der Waals surface area contributed by atoms with Crippen molar-refractivity contribution in [2.24, 2.45) is 5.73 Å². The third-order valence-electron chi connectivity index (χ3n) is 2.52. The molecule has 0 fully saturated rings. The summed E-state index contributed by atoms with van der Waals surface area (Å²) < 4.78 is 10.8. The number of aromatic hydroxyl groups is 1. The van der Waals surface area contributed by atoms with E-state index in [0.29, 0.717) is 30.3 Å². The monoisotopic (exact) mass is 225 g/mol. The highest BCUT2D eigenvalue weighted by molar-refractivity contribution is 5.55. The van der Waals surface area contributed by atoms with E-state index in [4.69, 9.17) is 15.2 Å². The maximum atomic E-state index is 9.91. The van der Waals surface area contributed by atoms with E-state index in [0.717, 1.165) is 0 Å². The Hall–Kier alpha value is -1.46. The first-order valence-corrected chi connectivity index (χ1v) is 5.16. The zero-order valence-electron chi connectivity index (χ0n) is 9.01. The summed E-state index contributed by atoms with van der Waals surface area (Å²) in [5.74, 6) is 0.879. The van der Waals surface area contributed by atoms with Gasteiger partial charge in [0.1, 0.15) is 25.1 Å². The highest BCUT2D eigenvalue weighted by Gasteiger charge is 2.26. The van der Waals surface area contributed by atoms with Gasteiger partial charge in [0.15, 0.2) is 11.5 Å². The first-order valence-electron chi connectivity index (χ1n) is 5.16. The highest BCUT2D eigenvalue weighted by Crippen LogP contribution is 2.42. The average molecular weight is 225 g/mol. The molecule has 5 heteroatoms. The number of rotatable bonds is 2. The summed E-state index contributed by atoms with van der Waals surface area (Å²) in [6.45, 7) is 2.52. The van der Waals surface area contributed by atoms with Gasteiger partial charge >= 0.3 is 0 Å². The van der Waals surface area contributed by atoms with Gasteiger partial charge in [-0.3, -0.25) is 0 Å². The fraction of sp³-hybridized carbons (Fsp3) is 0.455. The third-order valence-corrected chi connectivity index (χ3v) is 2.52. The minimum absolute atomic E-state index is 0.0333. The van der Waals surface area contributed by atoms with Crippen LogP contribution in [0, 0.1) is 0 Å². The number of hydrogen-bond donors (Lipinski definition) is 3. The van der Waals surface area contributed by atoms with Gasteiger partial charge in [0.05, 0.1) is 5.56 Å². The van der Waals surface area contributed by atoms with Crippen molar-refractivity contribution in [3.8, 4) is 17.2 Å². The standard InChI is InChI=1S/C11H15NO4/c1-6(12)10(14)9-7(13)2-3-8-11(9)16-5-4-15-8/h2-3,6,10,13-14H,4-5,12H2,1H3. The Bertz CT molecular complexity index is 392. The summed E-state index contributed by atoms with van der Waals surface area (Å²) in [6, 6.07) is 2.58. The number of phenolic OH excluding ortho intramolecular Hbond substituents is 1. The Morgan fingerprint density at radius 3 is 2.69 bits per heavy atom. The van der Waals surface area contributed by atoms with E-state index in [1.54, 1.807) is 13.0 Å². The lowest BCUT2D eigenvalue weighted by molar-refractivity contribution is 0.129. The van der Waals surface area contributed by atoms with Crippen LogP contribution in [0.3, 0.4) is 0 Å². The SMILES string of the molecule is CC(N)C(O)c1c(O)ccc2c1OCCO2. The van der Waals surface area contributed by atoms with Gasteiger partial charge in [0.25, 0.3) is 0 Å². The number of aliphatic hydroxyl groups is 1. The van der Waals surface area contributed by atoms with E-state index in [9.17, 15) is 10.2 Å². The number of benzene rings is 1. The van der Waals surface area contributed by atoms with Crippen molar-refractivity contribution >= 4 is 0 Å². The molecule has 1 aromatic carbocycles. The molecular weight excluding hydrogens is 210 g/mol. The molecule has 4 N–H and O–H groups in total. The first-order chi connectivity index (χ1) is 7.61. The molecule has 1 aliphatic rings. The number of aliphatic hydroxyl groups excluding tert-OH is 1. The lowest BCUT2D eigenvalue weighted by Gasteiger charge is -2.25. The van der Waals surface area contributed by atoms with Crippen molar-refractivity contribution in [1.29, 1.82) is 0 Å².